The maximum atomic E-state index is 9.32. The SMILES string of the molecule is CCCCCC(CCCCC)NC1CC(O)C1. The van der Waals surface area contributed by atoms with Gasteiger partial charge in [0, 0.05) is 12.1 Å². The standard InChI is InChI=1S/C15H31NO/c1-3-5-7-9-13(10-8-6-4-2)16-14-11-15(17)12-14/h13-17H,3-12H2,1-2H3. The first-order chi connectivity index (χ1) is 8.26. The first kappa shape index (κ1) is 15.0. The minimum Gasteiger partial charge on any atom is -0.393 e. The van der Waals surface area contributed by atoms with Gasteiger partial charge in [-0.25, -0.2) is 0 Å². The lowest BCUT2D eigenvalue weighted by atomic mass is 9.88. The first-order valence-corrected chi connectivity index (χ1v) is 7.70. The molecule has 2 nitrogen and oxygen atoms in total. The number of aliphatic hydroxyl groups excluding tert-OH is 1. The molecule has 1 aliphatic rings. The minimum atomic E-state index is -0.0283. The summed E-state index contributed by atoms with van der Waals surface area (Å²) >= 11 is 0. The summed E-state index contributed by atoms with van der Waals surface area (Å²) in [5, 5.41) is 13.1. The van der Waals surface area contributed by atoms with Crippen LogP contribution in [0.4, 0.5) is 0 Å². The quantitative estimate of drug-likeness (QED) is 0.572. The van der Waals surface area contributed by atoms with E-state index in [4.69, 9.17) is 0 Å². The number of aliphatic hydroxyl groups is 1. The molecular weight excluding hydrogens is 210 g/mol. The van der Waals surface area contributed by atoms with Crippen LogP contribution >= 0.6 is 0 Å². The number of hydrogen-bond acceptors (Lipinski definition) is 2. The van der Waals surface area contributed by atoms with Crippen molar-refractivity contribution < 1.29 is 5.11 Å². The van der Waals surface area contributed by atoms with Gasteiger partial charge in [0.05, 0.1) is 6.10 Å². The van der Waals surface area contributed by atoms with Crippen LogP contribution in [0.15, 0.2) is 0 Å². The summed E-state index contributed by atoms with van der Waals surface area (Å²) in [7, 11) is 0. The van der Waals surface area contributed by atoms with Gasteiger partial charge in [0.25, 0.3) is 0 Å². The van der Waals surface area contributed by atoms with Crippen LogP contribution in [0.2, 0.25) is 0 Å². The van der Waals surface area contributed by atoms with Crippen LogP contribution in [-0.4, -0.2) is 23.3 Å². The molecule has 0 aliphatic heterocycles. The van der Waals surface area contributed by atoms with Crippen molar-refractivity contribution in [2.75, 3.05) is 0 Å². The molecule has 0 heterocycles. The number of unbranched alkanes of at least 4 members (excludes halogenated alkanes) is 4. The van der Waals surface area contributed by atoms with Crippen molar-refractivity contribution in [1.82, 2.24) is 5.32 Å². The number of rotatable bonds is 10. The van der Waals surface area contributed by atoms with E-state index in [0.29, 0.717) is 12.1 Å². The van der Waals surface area contributed by atoms with E-state index in [1.165, 1.54) is 51.4 Å². The fraction of sp³-hybridized carbons (Fsp3) is 1.00. The monoisotopic (exact) mass is 241 g/mol. The summed E-state index contributed by atoms with van der Waals surface area (Å²) in [6.45, 7) is 4.53. The Balaban J connectivity index is 2.15. The Bertz CT molecular complexity index is 168. The molecule has 0 amide bonds. The molecule has 1 fully saturated rings. The normalized spacial score (nSPS) is 24.0. The summed E-state index contributed by atoms with van der Waals surface area (Å²) in [5.41, 5.74) is 0. The summed E-state index contributed by atoms with van der Waals surface area (Å²) in [6.07, 6.45) is 12.6. The van der Waals surface area contributed by atoms with Crippen molar-refractivity contribution in [2.45, 2.75) is 96.2 Å². The van der Waals surface area contributed by atoms with E-state index in [2.05, 4.69) is 19.2 Å². The molecule has 0 aromatic heterocycles. The average molecular weight is 241 g/mol. The Morgan fingerprint density at radius 3 is 1.94 bits per heavy atom. The van der Waals surface area contributed by atoms with Crippen molar-refractivity contribution in [3.05, 3.63) is 0 Å². The predicted octanol–water partition coefficient (Wildman–Crippen LogP) is 3.63. The van der Waals surface area contributed by atoms with E-state index in [-0.39, 0.29) is 6.10 Å². The van der Waals surface area contributed by atoms with Gasteiger partial charge < -0.3 is 10.4 Å². The van der Waals surface area contributed by atoms with Crippen LogP contribution in [0, 0.1) is 0 Å². The highest BCUT2D eigenvalue weighted by atomic mass is 16.3. The lowest BCUT2D eigenvalue weighted by Crippen LogP contribution is -2.48. The van der Waals surface area contributed by atoms with E-state index < -0.39 is 0 Å². The van der Waals surface area contributed by atoms with Crippen LogP contribution in [0.5, 0.6) is 0 Å². The third kappa shape index (κ3) is 6.42. The van der Waals surface area contributed by atoms with Gasteiger partial charge in [0.15, 0.2) is 0 Å². The molecule has 0 aromatic carbocycles. The van der Waals surface area contributed by atoms with Gasteiger partial charge in [-0.3, -0.25) is 0 Å². The molecule has 0 atom stereocenters. The van der Waals surface area contributed by atoms with Crippen LogP contribution in [0.3, 0.4) is 0 Å². The van der Waals surface area contributed by atoms with Gasteiger partial charge in [0.2, 0.25) is 0 Å². The summed E-state index contributed by atoms with van der Waals surface area (Å²) in [5.74, 6) is 0. The molecule has 1 aliphatic carbocycles. The van der Waals surface area contributed by atoms with Crippen molar-refractivity contribution in [2.24, 2.45) is 0 Å². The van der Waals surface area contributed by atoms with Crippen LogP contribution in [0.1, 0.15) is 78.1 Å². The van der Waals surface area contributed by atoms with Crippen molar-refractivity contribution >= 4 is 0 Å². The molecule has 17 heavy (non-hydrogen) atoms. The lowest BCUT2D eigenvalue weighted by molar-refractivity contribution is 0.0563. The lowest BCUT2D eigenvalue weighted by Gasteiger charge is -2.35. The second-order valence-corrected chi connectivity index (χ2v) is 5.68. The summed E-state index contributed by atoms with van der Waals surface area (Å²) in [4.78, 5) is 0. The molecule has 0 radical (unpaired) electrons. The van der Waals surface area contributed by atoms with Crippen molar-refractivity contribution in [3.63, 3.8) is 0 Å². The highest BCUT2D eigenvalue weighted by Crippen LogP contribution is 2.22. The maximum absolute atomic E-state index is 9.32. The Labute approximate surface area is 107 Å². The zero-order valence-corrected chi connectivity index (χ0v) is 11.8. The first-order valence-electron chi connectivity index (χ1n) is 7.70. The molecule has 2 heteroatoms. The minimum absolute atomic E-state index is 0.0283. The molecule has 0 aromatic rings. The van der Waals surface area contributed by atoms with E-state index in [9.17, 15) is 5.11 Å². The second-order valence-electron chi connectivity index (χ2n) is 5.68. The highest BCUT2D eigenvalue weighted by molar-refractivity contribution is 4.87. The third-order valence-electron chi connectivity index (χ3n) is 3.90. The molecule has 0 saturated heterocycles. The molecular formula is C15H31NO. The van der Waals surface area contributed by atoms with Crippen molar-refractivity contribution in [1.29, 1.82) is 0 Å². The van der Waals surface area contributed by atoms with E-state index >= 15 is 0 Å². The maximum Gasteiger partial charge on any atom is 0.0570 e. The van der Waals surface area contributed by atoms with Crippen LogP contribution < -0.4 is 5.32 Å². The van der Waals surface area contributed by atoms with Gasteiger partial charge in [-0.15, -0.1) is 0 Å². The van der Waals surface area contributed by atoms with Gasteiger partial charge in [-0.2, -0.15) is 0 Å². The second kappa shape index (κ2) is 8.93. The number of nitrogens with one attached hydrogen (secondary N) is 1. The predicted molar refractivity (Wildman–Crippen MR) is 74.2 cm³/mol. The smallest absolute Gasteiger partial charge is 0.0570 e. The van der Waals surface area contributed by atoms with Gasteiger partial charge in [-0.05, 0) is 25.7 Å². The Morgan fingerprint density at radius 1 is 1.00 bits per heavy atom. The molecule has 0 bridgehead atoms. The molecule has 0 unspecified atom stereocenters. The Kier molecular flexibility index (Phi) is 7.87. The fourth-order valence-electron chi connectivity index (χ4n) is 2.65. The molecule has 1 rings (SSSR count). The highest BCUT2D eigenvalue weighted by Gasteiger charge is 2.28. The zero-order chi connectivity index (χ0) is 12.5. The van der Waals surface area contributed by atoms with Crippen LogP contribution in [-0.2, 0) is 0 Å². The number of hydrogen-bond donors (Lipinski definition) is 2. The van der Waals surface area contributed by atoms with Gasteiger partial charge in [0.1, 0.15) is 0 Å². The van der Waals surface area contributed by atoms with E-state index in [1.807, 2.05) is 0 Å². The fourth-order valence-corrected chi connectivity index (χ4v) is 2.65. The third-order valence-corrected chi connectivity index (χ3v) is 3.90. The summed E-state index contributed by atoms with van der Waals surface area (Å²) < 4.78 is 0. The molecule has 2 N–H and O–H groups in total. The Hall–Kier alpha value is -0.0800. The largest absolute Gasteiger partial charge is 0.393 e. The molecule has 102 valence electrons. The van der Waals surface area contributed by atoms with Gasteiger partial charge >= 0.3 is 0 Å². The molecule has 0 spiro atoms. The van der Waals surface area contributed by atoms with Crippen LogP contribution in [0.25, 0.3) is 0 Å². The molecule has 1 saturated carbocycles. The zero-order valence-electron chi connectivity index (χ0n) is 11.8. The van der Waals surface area contributed by atoms with E-state index in [1.54, 1.807) is 0 Å². The summed E-state index contributed by atoms with van der Waals surface area (Å²) in [6, 6.07) is 1.30. The van der Waals surface area contributed by atoms with E-state index in [0.717, 1.165) is 12.8 Å². The average Bonchev–Trinajstić information content (AvgIpc) is 2.27. The van der Waals surface area contributed by atoms with Gasteiger partial charge in [-0.1, -0.05) is 52.4 Å². The Morgan fingerprint density at radius 2 is 1.53 bits per heavy atom. The topological polar surface area (TPSA) is 32.3 Å². The van der Waals surface area contributed by atoms with Crippen molar-refractivity contribution in [3.8, 4) is 0 Å².